The Balaban J connectivity index is 1.86. The summed E-state index contributed by atoms with van der Waals surface area (Å²) in [7, 11) is 6.10. The van der Waals surface area contributed by atoms with Crippen LogP contribution < -0.4 is 18.9 Å². The van der Waals surface area contributed by atoms with E-state index in [4.69, 9.17) is 18.9 Å². The molecule has 6 aromatic carbocycles. The summed E-state index contributed by atoms with van der Waals surface area (Å²) in [5, 5.41) is 47.6. The Bertz CT molecular complexity index is 1990. The van der Waals surface area contributed by atoms with Crippen LogP contribution in [0.3, 0.4) is 0 Å². The zero-order valence-corrected chi connectivity index (χ0v) is 22.2. The summed E-state index contributed by atoms with van der Waals surface area (Å²) in [5.74, 6) is 1.13. The zero-order valence-electron chi connectivity index (χ0n) is 22.2. The van der Waals surface area contributed by atoms with Gasteiger partial charge in [-0.25, -0.2) is 0 Å². The molecule has 202 valence electrons. The maximum atomic E-state index is 11.3. The van der Waals surface area contributed by atoms with Gasteiger partial charge in [-0.05, 0) is 56.6 Å². The Morgan fingerprint density at radius 3 is 1.77 bits per heavy atom. The van der Waals surface area contributed by atoms with Gasteiger partial charge in [0.25, 0.3) is 0 Å². The van der Waals surface area contributed by atoms with Crippen molar-refractivity contribution in [2.24, 2.45) is 0 Å². The first-order valence-corrected chi connectivity index (χ1v) is 12.4. The standard InChI is InChI=1S/C32H26O8/c1-37-25-11-17(33)9-16-6-7-18-21(28(16)25)13-24(36)32(40-4)31(18)30-19-8-5-15-10-22(34)23(35)12-20(15)29(19)26(38-2)14-27(30)39-3/h5-14,33-36H,1-4H3. The lowest BCUT2D eigenvalue weighted by Gasteiger charge is -2.21. The lowest BCUT2D eigenvalue weighted by atomic mass is 9.88. The molecule has 0 radical (unpaired) electrons. The van der Waals surface area contributed by atoms with Crippen molar-refractivity contribution < 1.29 is 39.4 Å². The van der Waals surface area contributed by atoms with Gasteiger partial charge in [-0.1, -0.05) is 24.3 Å². The van der Waals surface area contributed by atoms with E-state index >= 15 is 0 Å². The summed E-state index contributed by atoms with van der Waals surface area (Å²) >= 11 is 0. The first-order chi connectivity index (χ1) is 19.3. The maximum absolute atomic E-state index is 11.3. The molecule has 8 nitrogen and oxygen atoms in total. The lowest BCUT2D eigenvalue weighted by Crippen LogP contribution is -1.98. The molecule has 0 spiro atoms. The van der Waals surface area contributed by atoms with Crippen LogP contribution >= 0.6 is 0 Å². The van der Waals surface area contributed by atoms with Crippen molar-refractivity contribution in [2.75, 3.05) is 28.4 Å². The number of fused-ring (bicyclic) bond motifs is 6. The van der Waals surface area contributed by atoms with Crippen molar-refractivity contribution in [2.45, 2.75) is 0 Å². The first-order valence-electron chi connectivity index (χ1n) is 12.4. The number of phenolic OH excluding ortho intramolecular Hbond substituents is 4. The molecule has 0 saturated carbocycles. The molecule has 0 fully saturated rings. The second-order valence-electron chi connectivity index (χ2n) is 9.42. The summed E-state index contributed by atoms with van der Waals surface area (Å²) in [6.07, 6.45) is 0. The predicted octanol–water partition coefficient (Wildman–Crippen LogP) is 6.82. The first kappa shape index (κ1) is 25.1. The van der Waals surface area contributed by atoms with Crippen LogP contribution in [0.1, 0.15) is 0 Å². The molecule has 0 bridgehead atoms. The van der Waals surface area contributed by atoms with Crippen molar-refractivity contribution >= 4 is 43.1 Å². The number of aromatic hydroxyl groups is 4. The summed E-state index contributed by atoms with van der Waals surface area (Å²) in [5.41, 5.74) is 1.20. The quantitative estimate of drug-likeness (QED) is 0.139. The Morgan fingerprint density at radius 2 is 1.07 bits per heavy atom. The van der Waals surface area contributed by atoms with Gasteiger partial charge in [0.05, 0.1) is 28.4 Å². The second kappa shape index (κ2) is 9.20. The van der Waals surface area contributed by atoms with Gasteiger partial charge in [-0.3, -0.25) is 0 Å². The van der Waals surface area contributed by atoms with E-state index in [1.54, 1.807) is 32.4 Å². The Morgan fingerprint density at radius 1 is 0.450 bits per heavy atom. The van der Waals surface area contributed by atoms with Crippen LogP contribution in [0.4, 0.5) is 0 Å². The van der Waals surface area contributed by atoms with Crippen LogP contribution in [0.25, 0.3) is 54.2 Å². The number of hydrogen-bond donors (Lipinski definition) is 4. The summed E-state index contributed by atoms with van der Waals surface area (Å²) in [6, 6.07) is 17.0. The molecular formula is C32H26O8. The van der Waals surface area contributed by atoms with E-state index in [9.17, 15) is 20.4 Å². The van der Waals surface area contributed by atoms with Gasteiger partial charge < -0.3 is 39.4 Å². The number of hydrogen-bond acceptors (Lipinski definition) is 8. The van der Waals surface area contributed by atoms with Gasteiger partial charge >= 0.3 is 0 Å². The van der Waals surface area contributed by atoms with Crippen LogP contribution in [0.5, 0.6) is 46.0 Å². The largest absolute Gasteiger partial charge is 0.508 e. The molecule has 0 amide bonds. The molecule has 0 aliphatic carbocycles. The smallest absolute Gasteiger partial charge is 0.169 e. The van der Waals surface area contributed by atoms with Gasteiger partial charge in [0.2, 0.25) is 0 Å². The molecule has 0 aliphatic rings. The molecule has 0 saturated heterocycles. The van der Waals surface area contributed by atoms with Gasteiger partial charge in [0.1, 0.15) is 23.0 Å². The third-order valence-electron chi connectivity index (χ3n) is 7.37. The highest BCUT2D eigenvalue weighted by molar-refractivity contribution is 6.22. The summed E-state index contributed by atoms with van der Waals surface area (Å²) in [6.45, 7) is 0. The Kier molecular flexibility index (Phi) is 5.76. The molecule has 0 aliphatic heterocycles. The van der Waals surface area contributed by atoms with Crippen molar-refractivity contribution in [1.29, 1.82) is 0 Å². The van der Waals surface area contributed by atoms with Crippen molar-refractivity contribution in [3.05, 3.63) is 60.7 Å². The number of benzene rings is 6. The fourth-order valence-electron chi connectivity index (χ4n) is 5.67. The van der Waals surface area contributed by atoms with Gasteiger partial charge in [-0.15, -0.1) is 0 Å². The van der Waals surface area contributed by atoms with E-state index in [1.807, 2.05) is 24.3 Å². The van der Waals surface area contributed by atoms with Crippen LogP contribution in [0, 0.1) is 0 Å². The van der Waals surface area contributed by atoms with Crippen LogP contribution in [0.2, 0.25) is 0 Å². The molecule has 40 heavy (non-hydrogen) atoms. The lowest BCUT2D eigenvalue weighted by molar-refractivity contribution is 0.375. The zero-order chi connectivity index (χ0) is 28.3. The van der Waals surface area contributed by atoms with E-state index in [1.165, 1.54) is 32.4 Å². The van der Waals surface area contributed by atoms with Crippen LogP contribution in [-0.2, 0) is 0 Å². The molecule has 0 unspecified atom stereocenters. The highest BCUT2D eigenvalue weighted by Crippen LogP contribution is 2.53. The molecule has 0 atom stereocenters. The number of methoxy groups -OCH3 is 4. The molecular weight excluding hydrogens is 512 g/mol. The summed E-state index contributed by atoms with van der Waals surface area (Å²) < 4.78 is 23.0. The normalized spacial score (nSPS) is 11.4. The van der Waals surface area contributed by atoms with Crippen molar-refractivity contribution in [3.8, 4) is 57.1 Å². The average molecular weight is 539 g/mol. The molecule has 6 aromatic rings. The number of phenols is 4. The number of rotatable bonds is 5. The Hall–Kier alpha value is -5.24. The van der Waals surface area contributed by atoms with E-state index in [0.29, 0.717) is 60.7 Å². The minimum atomic E-state index is -0.262. The monoisotopic (exact) mass is 538 g/mol. The predicted molar refractivity (Wildman–Crippen MR) is 155 cm³/mol. The minimum Gasteiger partial charge on any atom is -0.508 e. The van der Waals surface area contributed by atoms with Gasteiger partial charge in [-0.2, -0.15) is 0 Å². The SMILES string of the molecule is COc1cc(OC)c2c(ccc3cc(O)c(O)cc32)c1-c1c(OC)c(O)cc2c1ccc1cc(O)cc(OC)c12. The maximum Gasteiger partial charge on any atom is 0.169 e. The molecule has 6 rings (SSSR count). The topological polar surface area (TPSA) is 118 Å². The van der Waals surface area contributed by atoms with Crippen LogP contribution in [0.15, 0.2) is 60.7 Å². The number of ether oxygens (including phenoxy) is 4. The molecule has 8 heteroatoms. The van der Waals surface area contributed by atoms with Gasteiger partial charge in [0.15, 0.2) is 23.0 Å². The third kappa shape index (κ3) is 3.53. The van der Waals surface area contributed by atoms with E-state index < -0.39 is 0 Å². The summed E-state index contributed by atoms with van der Waals surface area (Å²) in [4.78, 5) is 0. The highest BCUT2D eigenvalue weighted by atomic mass is 16.5. The van der Waals surface area contributed by atoms with E-state index in [0.717, 1.165) is 10.8 Å². The van der Waals surface area contributed by atoms with Crippen molar-refractivity contribution in [1.82, 2.24) is 0 Å². The fraction of sp³-hybridized carbons (Fsp3) is 0.125. The van der Waals surface area contributed by atoms with E-state index in [-0.39, 0.29) is 28.7 Å². The fourth-order valence-corrected chi connectivity index (χ4v) is 5.67. The van der Waals surface area contributed by atoms with Crippen molar-refractivity contribution in [3.63, 3.8) is 0 Å². The average Bonchev–Trinajstić information content (AvgIpc) is 2.95. The Labute approximate surface area is 228 Å². The molecule has 0 aromatic heterocycles. The third-order valence-corrected chi connectivity index (χ3v) is 7.37. The second-order valence-corrected chi connectivity index (χ2v) is 9.42. The molecule has 0 heterocycles. The van der Waals surface area contributed by atoms with Crippen LogP contribution in [-0.4, -0.2) is 48.9 Å². The molecule has 4 N–H and O–H groups in total. The minimum absolute atomic E-state index is 0.0608. The van der Waals surface area contributed by atoms with Gasteiger partial charge in [0, 0.05) is 34.0 Å². The highest BCUT2D eigenvalue weighted by Gasteiger charge is 2.25. The van der Waals surface area contributed by atoms with E-state index in [2.05, 4.69) is 0 Å².